The van der Waals surface area contributed by atoms with Crippen LogP contribution in [0.25, 0.3) is 0 Å². The lowest BCUT2D eigenvalue weighted by molar-refractivity contribution is 0.0778. The van der Waals surface area contributed by atoms with Crippen molar-refractivity contribution >= 4 is 17.7 Å². The molecule has 0 saturated heterocycles. The summed E-state index contributed by atoms with van der Waals surface area (Å²) in [5.41, 5.74) is 0.347. The van der Waals surface area contributed by atoms with Crippen LogP contribution in [0.4, 0.5) is 0 Å². The zero-order valence-corrected chi connectivity index (χ0v) is 19.8. The van der Waals surface area contributed by atoms with Crippen molar-refractivity contribution in [1.29, 1.82) is 0 Å². The molecule has 1 heterocycles. The number of rotatable bonds is 13. The summed E-state index contributed by atoms with van der Waals surface area (Å²) in [5.74, 6) is 2.59. The molecule has 7 nitrogen and oxygen atoms in total. The summed E-state index contributed by atoms with van der Waals surface area (Å²) in [4.78, 5) is 4.88. The molecule has 2 N–H and O–H groups in total. The fraction of sp³-hybridized carbons (Fsp3) is 0.857. The predicted molar refractivity (Wildman–Crippen MR) is 122 cm³/mol. The average Bonchev–Trinajstić information content (AvgIpc) is 3.04. The van der Waals surface area contributed by atoms with E-state index in [1.54, 1.807) is 18.9 Å². The molecule has 0 unspecified atom stereocenters. The maximum absolute atomic E-state index is 5.30. The topological polar surface area (TPSA) is 76.4 Å². The van der Waals surface area contributed by atoms with Gasteiger partial charge in [0.15, 0.2) is 11.1 Å². The molecule has 29 heavy (non-hydrogen) atoms. The Bertz CT molecular complexity index is 627. The van der Waals surface area contributed by atoms with Crippen LogP contribution in [-0.4, -0.2) is 60.3 Å². The number of nitrogens with one attached hydrogen (secondary N) is 2. The predicted octanol–water partition coefficient (Wildman–Crippen LogP) is 3.35. The van der Waals surface area contributed by atoms with E-state index in [1.807, 2.05) is 0 Å². The van der Waals surface area contributed by atoms with Gasteiger partial charge in [0.1, 0.15) is 5.82 Å². The van der Waals surface area contributed by atoms with Crippen molar-refractivity contribution in [2.24, 2.45) is 16.3 Å². The second-order valence-corrected chi connectivity index (χ2v) is 9.20. The van der Waals surface area contributed by atoms with Crippen molar-refractivity contribution in [1.82, 2.24) is 25.4 Å². The Hall–Kier alpha value is -1.28. The van der Waals surface area contributed by atoms with E-state index < -0.39 is 0 Å². The van der Waals surface area contributed by atoms with Crippen LogP contribution in [-0.2, 0) is 17.7 Å². The van der Waals surface area contributed by atoms with Gasteiger partial charge in [0.05, 0.1) is 0 Å². The molecular weight excluding hydrogens is 384 g/mol. The number of aromatic nitrogens is 3. The summed E-state index contributed by atoms with van der Waals surface area (Å²) in [6.45, 7) is 11.0. The number of methoxy groups -OCH3 is 1. The van der Waals surface area contributed by atoms with Gasteiger partial charge in [-0.1, -0.05) is 32.0 Å². The first kappa shape index (κ1) is 24.0. The number of hydrogen-bond acceptors (Lipinski definition) is 5. The van der Waals surface area contributed by atoms with Gasteiger partial charge in [-0.25, -0.2) is 0 Å². The van der Waals surface area contributed by atoms with Crippen LogP contribution >= 0.6 is 11.8 Å². The molecule has 1 aromatic rings. The molecule has 0 bridgehead atoms. The second-order valence-electron chi connectivity index (χ2n) is 8.43. The van der Waals surface area contributed by atoms with Crippen LogP contribution in [0.2, 0.25) is 0 Å². The zero-order valence-electron chi connectivity index (χ0n) is 19.0. The average molecular weight is 425 g/mol. The summed E-state index contributed by atoms with van der Waals surface area (Å²) in [6.07, 6.45) is 8.94. The van der Waals surface area contributed by atoms with E-state index in [0.29, 0.717) is 11.3 Å². The van der Waals surface area contributed by atoms with Crippen LogP contribution in [0, 0.1) is 11.3 Å². The van der Waals surface area contributed by atoms with Gasteiger partial charge in [0.25, 0.3) is 0 Å². The van der Waals surface area contributed by atoms with Gasteiger partial charge in [-0.05, 0) is 50.2 Å². The van der Waals surface area contributed by atoms with Crippen LogP contribution in [0.3, 0.4) is 0 Å². The van der Waals surface area contributed by atoms with E-state index in [9.17, 15) is 0 Å². The Labute approximate surface area is 180 Å². The van der Waals surface area contributed by atoms with Crippen molar-refractivity contribution in [2.75, 3.05) is 39.6 Å². The lowest BCUT2D eigenvalue weighted by atomic mass is 9.67. The smallest absolute Gasteiger partial charge is 0.191 e. The van der Waals surface area contributed by atoms with Crippen molar-refractivity contribution < 1.29 is 4.74 Å². The molecule has 1 saturated carbocycles. The minimum atomic E-state index is 0.347. The van der Waals surface area contributed by atoms with E-state index in [2.05, 4.69) is 52.4 Å². The highest BCUT2D eigenvalue weighted by molar-refractivity contribution is 7.98. The number of guanidine groups is 1. The molecule has 0 radical (unpaired) electrons. The zero-order chi connectivity index (χ0) is 21.1. The molecule has 0 atom stereocenters. The SMILES string of the molecule is CCNC(=NCC1(CCOC)CCC1)NCCCc1nnc(SC)n1CC(C)C. The van der Waals surface area contributed by atoms with E-state index in [4.69, 9.17) is 9.73 Å². The maximum Gasteiger partial charge on any atom is 0.191 e. The summed E-state index contributed by atoms with van der Waals surface area (Å²) < 4.78 is 7.57. The van der Waals surface area contributed by atoms with E-state index in [1.165, 1.54) is 19.3 Å². The van der Waals surface area contributed by atoms with Gasteiger partial charge in [0, 0.05) is 46.3 Å². The molecule has 0 amide bonds. The second kappa shape index (κ2) is 12.4. The Morgan fingerprint density at radius 3 is 2.69 bits per heavy atom. The summed E-state index contributed by atoms with van der Waals surface area (Å²) >= 11 is 1.67. The normalized spacial score (nSPS) is 16.1. The molecule has 0 spiro atoms. The van der Waals surface area contributed by atoms with E-state index in [-0.39, 0.29) is 0 Å². The number of nitrogens with zero attached hydrogens (tertiary/aromatic N) is 4. The monoisotopic (exact) mass is 424 g/mol. The van der Waals surface area contributed by atoms with Gasteiger partial charge in [-0.3, -0.25) is 4.99 Å². The molecule has 8 heteroatoms. The van der Waals surface area contributed by atoms with Gasteiger partial charge >= 0.3 is 0 Å². The molecule has 1 aliphatic carbocycles. The number of ether oxygens (including phenoxy) is 1. The molecule has 1 aliphatic rings. The largest absolute Gasteiger partial charge is 0.385 e. The van der Waals surface area contributed by atoms with Crippen LogP contribution in [0.5, 0.6) is 0 Å². The number of thioether (sulfide) groups is 1. The fourth-order valence-electron chi connectivity index (χ4n) is 3.73. The molecule has 1 fully saturated rings. The Kier molecular flexibility index (Phi) is 10.3. The van der Waals surface area contributed by atoms with Crippen molar-refractivity contribution in [2.45, 2.75) is 71.0 Å². The van der Waals surface area contributed by atoms with Gasteiger partial charge in [-0.15, -0.1) is 10.2 Å². The molecular formula is C21H40N6OS. The Morgan fingerprint density at radius 2 is 2.10 bits per heavy atom. The van der Waals surface area contributed by atoms with Crippen LogP contribution in [0.15, 0.2) is 10.1 Å². The van der Waals surface area contributed by atoms with Crippen LogP contribution in [0.1, 0.15) is 58.7 Å². The van der Waals surface area contributed by atoms with E-state index in [0.717, 1.165) is 69.0 Å². The van der Waals surface area contributed by atoms with Crippen molar-refractivity contribution in [3.05, 3.63) is 5.82 Å². The first-order chi connectivity index (χ1) is 14.0. The molecule has 0 aliphatic heterocycles. The van der Waals surface area contributed by atoms with Crippen LogP contribution < -0.4 is 10.6 Å². The van der Waals surface area contributed by atoms with Gasteiger partial charge in [0.2, 0.25) is 0 Å². The number of aryl methyl sites for hydroxylation is 1. The lowest BCUT2D eigenvalue weighted by Crippen LogP contribution is -2.40. The molecule has 0 aromatic carbocycles. The quantitative estimate of drug-likeness (QED) is 0.219. The third-order valence-electron chi connectivity index (χ3n) is 5.56. The van der Waals surface area contributed by atoms with Crippen molar-refractivity contribution in [3.8, 4) is 0 Å². The number of hydrogen-bond donors (Lipinski definition) is 2. The van der Waals surface area contributed by atoms with Gasteiger partial charge in [-0.2, -0.15) is 0 Å². The van der Waals surface area contributed by atoms with Gasteiger partial charge < -0.3 is 19.9 Å². The summed E-state index contributed by atoms with van der Waals surface area (Å²) in [7, 11) is 1.78. The fourth-order valence-corrected chi connectivity index (χ4v) is 4.25. The third-order valence-corrected chi connectivity index (χ3v) is 6.23. The van der Waals surface area contributed by atoms with E-state index >= 15 is 0 Å². The lowest BCUT2D eigenvalue weighted by Gasteiger charge is -2.40. The summed E-state index contributed by atoms with van der Waals surface area (Å²) in [6, 6.07) is 0. The van der Waals surface area contributed by atoms with Crippen molar-refractivity contribution in [3.63, 3.8) is 0 Å². The minimum Gasteiger partial charge on any atom is -0.385 e. The highest BCUT2D eigenvalue weighted by Crippen LogP contribution is 2.44. The molecule has 166 valence electrons. The highest BCUT2D eigenvalue weighted by atomic mass is 32.2. The Morgan fingerprint density at radius 1 is 1.31 bits per heavy atom. The third kappa shape index (κ3) is 7.48. The Balaban J connectivity index is 1.84. The molecule has 2 rings (SSSR count). The highest BCUT2D eigenvalue weighted by Gasteiger charge is 2.36. The minimum absolute atomic E-state index is 0.347. The first-order valence-electron chi connectivity index (χ1n) is 11.0. The standard InChI is InChI=1S/C21H40N6OS/c1-6-22-19(24-16-21(10-8-11-21)12-14-28-4)23-13-7-9-18-25-26-20(29-5)27(18)15-17(2)3/h17H,6-16H2,1-5H3,(H2,22,23,24). The first-order valence-corrected chi connectivity index (χ1v) is 12.2. The summed E-state index contributed by atoms with van der Waals surface area (Å²) in [5, 5.41) is 16.6. The number of aliphatic imine (C=N–C) groups is 1. The molecule has 1 aromatic heterocycles. The maximum atomic E-state index is 5.30.